The van der Waals surface area contributed by atoms with Crippen LogP contribution in [0.4, 0.5) is 4.79 Å². The van der Waals surface area contributed by atoms with Gasteiger partial charge in [0.15, 0.2) is 0 Å². The molecular weight excluding hydrogens is 338 g/mol. The molecule has 1 fully saturated rings. The highest BCUT2D eigenvalue weighted by Gasteiger charge is 2.22. The van der Waals surface area contributed by atoms with Crippen molar-refractivity contribution in [2.45, 2.75) is 58.1 Å². The van der Waals surface area contributed by atoms with Crippen LogP contribution in [0.1, 0.15) is 42.4 Å². The van der Waals surface area contributed by atoms with Crippen molar-refractivity contribution in [2.24, 2.45) is 0 Å². The smallest absolute Gasteiger partial charge is 0.496 e. The van der Waals surface area contributed by atoms with E-state index in [1.807, 2.05) is 19.9 Å². The lowest BCUT2D eigenvalue weighted by Gasteiger charge is -2.28. The number of carbonyl (C=O) groups excluding carboxylic acids is 1. The van der Waals surface area contributed by atoms with E-state index in [0.717, 1.165) is 48.1 Å². The molecule has 0 aliphatic heterocycles. The van der Waals surface area contributed by atoms with Crippen LogP contribution in [0.15, 0.2) is 12.1 Å². The molecule has 0 heterocycles. The van der Waals surface area contributed by atoms with Crippen molar-refractivity contribution in [3.63, 3.8) is 0 Å². The molecule has 1 aliphatic rings. The Kier molecular flexibility index (Phi) is 8.92. The molecule has 0 atom stereocenters. The highest BCUT2D eigenvalue weighted by molar-refractivity contribution is 5.80. The van der Waals surface area contributed by atoms with Gasteiger partial charge in [-0.3, -0.25) is 4.79 Å². The number of aryl methyl sites for hydroxylation is 2. The third-order valence-electron chi connectivity index (χ3n) is 4.51. The van der Waals surface area contributed by atoms with Gasteiger partial charge >= 0.3 is 6.16 Å². The monoisotopic (exact) mass is 367 g/mol. The fraction of sp³-hybridized carbons (Fsp3) is 0.579. The molecule has 0 aromatic heterocycles. The fourth-order valence-corrected chi connectivity index (χ4v) is 3.25. The number of methoxy groups -OCH3 is 2. The van der Waals surface area contributed by atoms with Crippen molar-refractivity contribution >= 4 is 12.1 Å². The van der Waals surface area contributed by atoms with Gasteiger partial charge in [-0.05, 0) is 56.7 Å². The SMILES string of the molecule is COc1cc(C)cc(C)c1CC(=O)NC1CCC(OC)CC1.O=C(O)O. The van der Waals surface area contributed by atoms with Gasteiger partial charge in [-0.1, -0.05) is 6.07 Å². The van der Waals surface area contributed by atoms with E-state index >= 15 is 0 Å². The maximum Gasteiger partial charge on any atom is 0.503 e. The van der Waals surface area contributed by atoms with E-state index in [4.69, 9.17) is 24.5 Å². The second-order valence-electron chi connectivity index (χ2n) is 6.50. The molecule has 0 unspecified atom stereocenters. The summed E-state index contributed by atoms with van der Waals surface area (Å²) in [5, 5.41) is 17.1. The molecule has 0 spiro atoms. The largest absolute Gasteiger partial charge is 0.503 e. The van der Waals surface area contributed by atoms with Crippen molar-refractivity contribution in [3.8, 4) is 5.75 Å². The molecule has 0 saturated heterocycles. The van der Waals surface area contributed by atoms with Crippen LogP contribution in [0, 0.1) is 13.8 Å². The van der Waals surface area contributed by atoms with Crippen LogP contribution in [-0.2, 0) is 16.0 Å². The van der Waals surface area contributed by atoms with Crippen LogP contribution in [0.25, 0.3) is 0 Å². The Labute approximate surface area is 154 Å². The van der Waals surface area contributed by atoms with Crippen molar-refractivity contribution in [2.75, 3.05) is 14.2 Å². The minimum Gasteiger partial charge on any atom is -0.496 e. The Morgan fingerprint density at radius 2 is 1.69 bits per heavy atom. The maximum atomic E-state index is 12.3. The lowest BCUT2D eigenvalue weighted by Crippen LogP contribution is -2.39. The number of ether oxygens (including phenoxy) is 2. The Morgan fingerprint density at radius 3 is 2.19 bits per heavy atom. The Morgan fingerprint density at radius 1 is 1.12 bits per heavy atom. The standard InChI is InChI=1S/C18H27NO3.CH2O3/c1-12-9-13(2)16(17(10-12)22-4)11-18(20)19-14-5-7-15(21-3)8-6-14;2-1(3)4/h9-10,14-15H,5-8,11H2,1-4H3,(H,19,20);(H2,2,3,4). The van der Waals surface area contributed by atoms with Crippen LogP contribution in [-0.4, -0.2) is 48.6 Å². The summed E-state index contributed by atoms with van der Waals surface area (Å²) in [5.41, 5.74) is 3.24. The van der Waals surface area contributed by atoms with Gasteiger partial charge in [-0.15, -0.1) is 0 Å². The van der Waals surface area contributed by atoms with E-state index in [9.17, 15) is 4.79 Å². The minimum absolute atomic E-state index is 0.0751. The third-order valence-corrected chi connectivity index (χ3v) is 4.51. The summed E-state index contributed by atoms with van der Waals surface area (Å²) in [6.07, 6.45) is 2.93. The van der Waals surface area contributed by atoms with Gasteiger partial charge in [0, 0.05) is 18.7 Å². The number of benzene rings is 1. The molecule has 1 aromatic carbocycles. The first-order valence-corrected chi connectivity index (χ1v) is 8.65. The number of carboxylic acid groups (broad SMARTS) is 2. The first kappa shape index (κ1) is 21.8. The third kappa shape index (κ3) is 7.31. The second-order valence-corrected chi connectivity index (χ2v) is 6.50. The van der Waals surface area contributed by atoms with Crippen molar-refractivity contribution < 1.29 is 29.3 Å². The van der Waals surface area contributed by atoms with E-state index in [1.165, 1.54) is 0 Å². The van der Waals surface area contributed by atoms with Crippen LogP contribution >= 0.6 is 0 Å². The average molecular weight is 367 g/mol. The Balaban J connectivity index is 0.000000765. The zero-order valence-electron chi connectivity index (χ0n) is 15.9. The van der Waals surface area contributed by atoms with Crippen molar-refractivity contribution in [1.29, 1.82) is 0 Å². The maximum absolute atomic E-state index is 12.3. The van der Waals surface area contributed by atoms with Crippen LogP contribution in [0.2, 0.25) is 0 Å². The molecule has 1 aromatic rings. The first-order chi connectivity index (χ1) is 12.3. The predicted octanol–water partition coefficient (Wildman–Crippen LogP) is 3.15. The van der Waals surface area contributed by atoms with E-state index < -0.39 is 6.16 Å². The molecule has 7 heteroatoms. The summed E-state index contributed by atoms with van der Waals surface area (Å²) < 4.78 is 10.8. The molecule has 0 radical (unpaired) electrons. The number of nitrogens with one attached hydrogen (secondary N) is 1. The number of amides is 1. The summed E-state index contributed by atoms with van der Waals surface area (Å²) in [6, 6.07) is 4.35. The normalized spacial score (nSPS) is 19.1. The molecule has 146 valence electrons. The zero-order chi connectivity index (χ0) is 19.7. The highest BCUT2D eigenvalue weighted by Crippen LogP contribution is 2.25. The predicted molar refractivity (Wildman–Crippen MR) is 98.0 cm³/mol. The number of carbonyl (C=O) groups is 2. The molecule has 3 N–H and O–H groups in total. The van der Waals surface area contributed by atoms with Crippen LogP contribution < -0.4 is 10.1 Å². The highest BCUT2D eigenvalue weighted by atomic mass is 16.6. The lowest BCUT2D eigenvalue weighted by molar-refractivity contribution is -0.121. The lowest BCUT2D eigenvalue weighted by atomic mass is 9.92. The van der Waals surface area contributed by atoms with Crippen molar-refractivity contribution in [3.05, 3.63) is 28.8 Å². The van der Waals surface area contributed by atoms with Gasteiger partial charge < -0.3 is 25.0 Å². The quantitative estimate of drug-likeness (QED) is 0.738. The Bertz CT molecular complexity index is 604. The van der Waals surface area contributed by atoms with Crippen LogP contribution in [0.5, 0.6) is 5.75 Å². The summed E-state index contributed by atoms with van der Waals surface area (Å²) in [7, 11) is 3.41. The van der Waals surface area contributed by atoms with E-state index in [1.54, 1.807) is 14.2 Å². The Hall–Kier alpha value is -2.28. The molecule has 26 heavy (non-hydrogen) atoms. The summed E-state index contributed by atoms with van der Waals surface area (Å²) in [4.78, 5) is 20.9. The van der Waals surface area contributed by atoms with Crippen molar-refractivity contribution in [1.82, 2.24) is 5.32 Å². The topological polar surface area (TPSA) is 105 Å². The zero-order valence-corrected chi connectivity index (χ0v) is 15.9. The van der Waals surface area contributed by atoms with Gasteiger partial charge in [0.05, 0.1) is 19.6 Å². The number of hydrogen-bond acceptors (Lipinski definition) is 4. The molecule has 1 aliphatic carbocycles. The van der Waals surface area contributed by atoms with E-state index in [-0.39, 0.29) is 11.9 Å². The van der Waals surface area contributed by atoms with E-state index in [2.05, 4.69) is 11.4 Å². The van der Waals surface area contributed by atoms with E-state index in [0.29, 0.717) is 12.5 Å². The molecule has 1 amide bonds. The van der Waals surface area contributed by atoms with Gasteiger partial charge in [0.1, 0.15) is 5.75 Å². The molecule has 2 rings (SSSR count). The van der Waals surface area contributed by atoms with Gasteiger partial charge in [-0.2, -0.15) is 0 Å². The molecule has 1 saturated carbocycles. The first-order valence-electron chi connectivity index (χ1n) is 8.65. The number of hydrogen-bond donors (Lipinski definition) is 3. The second kappa shape index (κ2) is 10.7. The van der Waals surface area contributed by atoms with Gasteiger partial charge in [0.25, 0.3) is 0 Å². The van der Waals surface area contributed by atoms with Gasteiger partial charge in [-0.25, -0.2) is 4.79 Å². The fourth-order valence-electron chi connectivity index (χ4n) is 3.25. The summed E-state index contributed by atoms with van der Waals surface area (Å²) >= 11 is 0. The van der Waals surface area contributed by atoms with Crippen LogP contribution in [0.3, 0.4) is 0 Å². The summed E-state index contributed by atoms with van der Waals surface area (Å²) in [5.74, 6) is 0.877. The number of rotatable bonds is 5. The minimum atomic E-state index is -1.83. The molecule has 7 nitrogen and oxygen atoms in total. The average Bonchev–Trinajstić information content (AvgIpc) is 2.57. The van der Waals surface area contributed by atoms with Gasteiger partial charge in [0.2, 0.25) is 5.91 Å². The molecule has 0 bridgehead atoms. The molecular formula is C19H29NO6. The summed E-state index contributed by atoms with van der Waals surface area (Å²) in [6.45, 7) is 4.07.